The molecule has 11 heteroatoms. The van der Waals surface area contributed by atoms with Crippen LogP contribution >= 0.6 is 11.6 Å². The van der Waals surface area contributed by atoms with Crippen LogP contribution in [0, 0.1) is 6.92 Å². The fraction of sp³-hybridized carbons (Fsp3) is 0.125. The molecule has 0 aliphatic rings. The third-order valence-electron chi connectivity index (χ3n) is 3.49. The lowest BCUT2D eigenvalue weighted by Crippen LogP contribution is -2.19. The topological polar surface area (TPSA) is 92.7 Å². The van der Waals surface area contributed by atoms with E-state index < -0.39 is 23.2 Å². The number of carbonyl (C=O) groups excluding carboxylic acids is 1. The van der Waals surface area contributed by atoms with Crippen LogP contribution in [0.1, 0.15) is 21.7 Å². The molecule has 0 spiro atoms. The maximum Gasteiger partial charge on any atom is 0.416 e. The first kappa shape index (κ1) is 18.6. The molecule has 7 nitrogen and oxygen atoms in total. The number of aryl methyl sites for hydroxylation is 1. The van der Waals surface area contributed by atoms with Crippen LogP contribution in [0.3, 0.4) is 0 Å². The lowest BCUT2D eigenvalue weighted by atomic mass is 10.2. The van der Waals surface area contributed by atoms with Crippen molar-refractivity contribution in [2.75, 3.05) is 5.32 Å². The van der Waals surface area contributed by atoms with Gasteiger partial charge < -0.3 is 5.32 Å². The fourth-order valence-corrected chi connectivity index (χ4v) is 2.47. The summed E-state index contributed by atoms with van der Waals surface area (Å²) in [4.78, 5) is 23.3. The number of nitrogens with zero attached hydrogens (tertiary/aromatic N) is 3. The quantitative estimate of drug-likeness (QED) is 0.710. The minimum absolute atomic E-state index is 0.0174. The number of halogens is 4. The molecule has 2 N–H and O–H groups in total. The second-order valence-electron chi connectivity index (χ2n) is 5.51. The number of nitrogens with one attached hydrogen (secondary N) is 2. The maximum atomic E-state index is 13.0. The molecule has 0 unspecified atom stereocenters. The SMILES string of the molecule is Cc1cc(NC(=O)c2ccc(=O)[nH]n2)n(-c2cc(C(F)(F)F)ccc2Cl)n1. The molecule has 0 saturated heterocycles. The lowest BCUT2D eigenvalue weighted by molar-refractivity contribution is -0.137. The maximum absolute atomic E-state index is 13.0. The largest absolute Gasteiger partial charge is 0.416 e. The van der Waals surface area contributed by atoms with Gasteiger partial charge in [-0.25, -0.2) is 9.78 Å². The van der Waals surface area contributed by atoms with Gasteiger partial charge >= 0.3 is 6.18 Å². The van der Waals surface area contributed by atoms with Crippen LogP contribution in [0.2, 0.25) is 5.02 Å². The first-order valence-corrected chi connectivity index (χ1v) is 7.84. The van der Waals surface area contributed by atoms with E-state index in [2.05, 4.69) is 20.6 Å². The number of alkyl halides is 3. The van der Waals surface area contributed by atoms with E-state index >= 15 is 0 Å². The molecule has 140 valence electrons. The minimum Gasteiger partial charge on any atom is -0.305 e. The number of carbonyl (C=O) groups is 1. The second-order valence-corrected chi connectivity index (χ2v) is 5.91. The summed E-state index contributed by atoms with van der Waals surface area (Å²) >= 11 is 6.04. The van der Waals surface area contributed by atoms with Gasteiger partial charge in [0.1, 0.15) is 11.5 Å². The van der Waals surface area contributed by atoms with Crippen molar-refractivity contribution in [1.29, 1.82) is 0 Å². The molecule has 2 heterocycles. The van der Waals surface area contributed by atoms with E-state index in [1.165, 1.54) is 12.1 Å². The van der Waals surface area contributed by atoms with Gasteiger partial charge in [0.2, 0.25) is 0 Å². The Labute approximate surface area is 154 Å². The molecule has 0 bridgehead atoms. The van der Waals surface area contributed by atoms with Crippen LogP contribution in [0.25, 0.3) is 5.69 Å². The predicted octanol–water partition coefficient (Wildman–Crippen LogP) is 3.19. The highest BCUT2D eigenvalue weighted by Gasteiger charge is 2.31. The number of aromatic nitrogens is 4. The van der Waals surface area contributed by atoms with Crippen LogP contribution in [0.4, 0.5) is 19.0 Å². The number of anilines is 1. The van der Waals surface area contributed by atoms with Crippen molar-refractivity contribution in [3.8, 4) is 5.69 Å². The number of rotatable bonds is 3. The van der Waals surface area contributed by atoms with Crippen molar-refractivity contribution in [3.63, 3.8) is 0 Å². The number of hydrogen-bond donors (Lipinski definition) is 2. The van der Waals surface area contributed by atoms with E-state index in [1.807, 2.05) is 0 Å². The molecular formula is C16H11ClF3N5O2. The van der Waals surface area contributed by atoms with E-state index in [-0.39, 0.29) is 22.2 Å². The molecule has 1 aromatic carbocycles. The third kappa shape index (κ3) is 4.00. The smallest absolute Gasteiger partial charge is 0.305 e. The monoisotopic (exact) mass is 397 g/mol. The minimum atomic E-state index is -4.56. The molecule has 0 radical (unpaired) electrons. The van der Waals surface area contributed by atoms with Gasteiger partial charge in [0, 0.05) is 12.1 Å². The Bertz CT molecular complexity index is 1050. The van der Waals surface area contributed by atoms with Gasteiger partial charge in [0.25, 0.3) is 11.5 Å². The van der Waals surface area contributed by atoms with E-state index in [1.54, 1.807) is 6.92 Å². The number of aromatic amines is 1. The summed E-state index contributed by atoms with van der Waals surface area (Å²) in [5.74, 6) is -0.595. The molecular weight excluding hydrogens is 387 g/mol. The average molecular weight is 398 g/mol. The highest BCUT2D eigenvalue weighted by Crippen LogP contribution is 2.34. The molecule has 2 aromatic heterocycles. The van der Waals surface area contributed by atoms with Gasteiger partial charge in [-0.05, 0) is 31.2 Å². The zero-order valence-electron chi connectivity index (χ0n) is 13.6. The summed E-state index contributed by atoms with van der Waals surface area (Å²) in [6.07, 6.45) is -4.56. The van der Waals surface area contributed by atoms with Gasteiger partial charge in [0.15, 0.2) is 0 Å². The number of benzene rings is 1. The Morgan fingerprint density at radius 1 is 1.22 bits per heavy atom. The fourth-order valence-electron chi connectivity index (χ4n) is 2.27. The number of H-pyrrole nitrogens is 1. The van der Waals surface area contributed by atoms with Crippen LogP contribution in [-0.2, 0) is 6.18 Å². The zero-order valence-corrected chi connectivity index (χ0v) is 14.4. The molecule has 27 heavy (non-hydrogen) atoms. The Morgan fingerprint density at radius 2 is 1.96 bits per heavy atom. The molecule has 3 aromatic rings. The highest BCUT2D eigenvalue weighted by molar-refractivity contribution is 6.32. The first-order valence-electron chi connectivity index (χ1n) is 7.46. The Balaban J connectivity index is 2.01. The standard InChI is InChI=1S/C16H11ClF3N5O2/c1-8-6-13(21-15(27)11-4-5-14(26)23-22-11)25(24-8)12-7-9(16(18,19)20)2-3-10(12)17/h2-7H,1H3,(H,21,27)(H,23,26). The Hall–Kier alpha value is -3.14. The van der Waals surface area contributed by atoms with Crippen molar-refractivity contribution in [3.05, 3.63) is 68.7 Å². The van der Waals surface area contributed by atoms with E-state index in [9.17, 15) is 22.8 Å². The van der Waals surface area contributed by atoms with Gasteiger partial charge in [-0.1, -0.05) is 11.6 Å². The van der Waals surface area contributed by atoms with Crippen molar-refractivity contribution in [2.24, 2.45) is 0 Å². The summed E-state index contributed by atoms with van der Waals surface area (Å²) < 4.78 is 40.1. The molecule has 0 aliphatic heterocycles. The summed E-state index contributed by atoms with van der Waals surface area (Å²) in [5.41, 5.74) is -1.09. The van der Waals surface area contributed by atoms with Crippen LogP contribution < -0.4 is 10.9 Å². The average Bonchev–Trinajstić information content (AvgIpc) is 2.95. The molecule has 1 amide bonds. The van der Waals surface area contributed by atoms with Crippen LogP contribution in [0.15, 0.2) is 41.2 Å². The molecule has 3 rings (SSSR count). The van der Waals surface area contributed by atoms with E-state index in [4.69, 9.17) is 11.6 Å². The third-order valence-corrected chi connectivity index (χ3v) is 3.81. The molecule has 0 atom stereocenters. The van der Waals surface area contributed by atoms with Gasteiger partial charge in [0.05, 0.1) is 22.0 Å². The molecule has 0 fully saturated rings. The van der Waals surface area contributed by atoms with Gasteiger partial charge in [-0.2, -0.15) is 23.4 Å². The normalized spacial score (nSPS) is 11.4. The zero-order chi connectivity index (χ0) is 19.8. The van der Waals surface area contributed by atoms with Crippen molar-refractivity contribution in [2.45, 2.75) is 13.1 Å². The predicted molar refractivity (Wildman–Crippen MR) is 91.1 cm³/mol. The van der Waals surface area contributed by atoms with Crippen LogP contribution in [-0.4, -0.2) is 25.9 Å². The molecule has 0 saturated carbocycles. The van der Waals surface area contributed by atoms with Gasteiger partial charge in [-0.15, -0.1) is 0 Å². The van der Waals surface area contributed by atoms with Crippen molar-refractivity contribution < 1.29 is 18.0 Å². The summed E-state index contributed by atoms with van der Waals surface area (Å²) in [7, 11) is 0. The number of amides is 1. The number of hydrogen-bond acceptors (Lipinski definition) is 4. The van der Waals surface area contributed by atoms with Crippen molar-refractivity contribution >= 4 is 23.3 Å². The lowest BCUT2D eigenvalue weighted by Gasteiger charge is -2.13. The van der Waals surface area contributed by atoms with E-state index in [0.29, 0.717) is 5.69 Å². The Kier molecular flexibility index (Phi) is 4.75. The van der Waals surface area contributed by atoms with E-state index in [0.717, 1.165) is 28.9 Å². The highest BCUT2D eigenvalue weighted by atomic mass is 35.5. The summed E-state index contributed by atoms with van der Waals surface area (Å²) in [6, 6.07) is 6.58. The summed E-state index contributed by atoms with van der Waals surface area (Å²) in [5, 5.41) is 12.3. The molecule has 0 aliphatic carbocycles. The van der Waals surface area contributed by atoms with Gasteiger partial charge in [-0.3, -0.25) is 9.59 Å². The first-order chi connectivity index (χ1) is 12.6. The second kappa shape index (κ2) is 6.88. The summed E-state index contributed by atoms with van der Waals surface area (Å²) in [6.45, 7) is 1.60. The Morgan fingerprint density at radius 3 is 2.59 bits per heavy atom. The van der Waals surface area contributed by atoms with Crippen LogP contribution in [0.5, 0.6) is 0 Å². The van der Waals surface area contributed by atoms with Crippen molar-refractivity contribution in [1.82, 2.24) is 20.0 Å².